The number of amides is 1. The van der Waals surface area contributed by atoms with Crippen molar-refractivity contribution in [3.8, 4) is 5.75 Å². The molecule has 2 aromatic carbocycles. The minimum absolute atomic E-state index is 0.0656. The van der Waals surface area contributed by atoms with Gasteiger partial charge in [-0.2, -0.15) is 0 Å². The van der Waals surface area contributed by atoms with Crippen LogP contribution >= 0.6 is 0 Å². The van der Waals surface area contributed by atoms with Crippen LogP contribution in [0.1, 0.15) is 22.0 Å². The molecule has 26 heavy (non-hydrogen) atoms. The second kappa shape index (κ2) is 8.78. The topological polar surface area (TPSA) is 50.8 Å². The van der Waals surface area contributed by atoms with Gasteiger partial charge < -0.3 is 19.7 Å². The van der Waals surface area contributed by atoms with Crippen LogP contribution in [0.15, 0.2) is 48.5 Å². The van der Waals surface area contributed by atoms with Crippen LogP contribution in [-0.4, -0.2) is 50.8 Å². The van der Waals surface area contributed by atoms with Gasteiger partial charge in [0.25, 0.3) is 5.91 Å². The molecule has 1 aliphatic rings. The van der Waals surface area contributed by atoms with E-state index >= 15 is 0 Å². The van der Waals surface area contributed by atoms with E-state index in [0.717, 1.165) is 12.1 Å². The first-order valence-electron chi connectivity index (χ1n) is 8.68. The maximum Gasteiger partial charge on any atom is 0.254 e. The predicted molar refractivity (Wildman–Crippen MR) is 96.9 cm³/mol. The van der Waals surface area contributed by atoms with Gasteiger partial charge in [0, 0.05) is 32.3 Å². The Labute approximate surface area is 152 Å². The molecule has 1 heterocycles. The Hall–Kier alpha value is -2.44. The summed E-state index contributed by atoms with van der Waals surface area (Å²) in [6.45, 7) is 2.87. The molecule has 1 atom stereocenters. The SMILES string of the molecule is COCCOc1ccc(C(=O)N2CCNCC2c2cccc(F)c2)cc1. The van der Waals surface area contributed by atoms with E-state index in [9.17, 15) is 9.18 Å². The molecular formula is C20H23FN2O3. The number of carbonyl (C=O) groups excluding carboxylic acids is 1. The van der Waals surface area contributed by atoms with E-state index in [2.05, 4.69) is 5.32 Å². The van der Waals surface area contributed by atoms with Gasteiger partial charge in [-0.25, -0.2) is 4.39 Å². The summed E-state index contributed by atoms with van der Waals surface area (Å²) in [4.78, 5) is 14.8. The standard InChI is InChI=1S/C20H23FN2O3/c1-25-11-12-26-18-7-5-15(6-8-18)20(24)23-10-9-22-14-19(23)16-3-2-4-17(21)13-16/h2-8,13,19,22H,9-12,14H2,1H3. The number of hydrogen-bond donors (Lipinski definition) is 1. The van der Waals surface area contributed by atoms with Gasteiger partial charge in [0.1, 0.15) is 18.2 Å². The zero-order valence-electron chi connectivity index (χ0n) is 14.8. The van der Waals surface area contributed by atoms with Crippen molar-refractivity contribution in [1.82, 2.24) is 10.2 Å². The number of piperazine rings is 1. The minimum Gasteiger partial charge on any atom is -0.491 e. The minimum atomic E-state index is -0.293. The number of halogens is 1. The average molecular weight is 358 g/mol. The fourth-order valence-corrected chi connectivity index (χ4v) is 3.06. The molecule has 2 aromatic rings. The molecule has 0 bridgehead atoms. The molecule has 5 nitrogen and oxygen atoms in total. The highest BCUT2D eigenvalue weighted by Gasteiger charge is 2.28. The van der Waals surface area contributed by atoms with Gasteiger partial charge in [-0.05, 0) is 42.0 Å². The third-order valence-corrected chi connectivity index (χ3v) is 4.40. The number of nitrogens with one attached hydrogen (secondary N) is 1. The monoisotopic (exact) mass is 358 g/mol. The fourth-order valence-electron chi connectivity index (χ4n) is 3.06. The van der Waals surface area contributed by atoms with Crippen LogP contribution in [0.2, 0.25) is 0 Å². The van der Waals surface area contributed by atoms with Crippen molar-refractivity contribution in [2.75, 3.05) is 40.0 Å². The van der Waals surface area contributed by atoms with Crippen LogP contribution in [0.3, 0.4) is 0 Å². The molecule has 1 fully saturated rings. The van der Waals surface area contributed by atoms with E-state index in [4.69, 9.17) is 9.47 Å². The zero-order chi connectivity index (χ0) is 18.4. The summed E-state index contributed by atoms with van der Waals surface area (Å²) in [6, 6.07) is 13.3. The predicted octanol–water partition coefficient (Wildman–Crippen LogP) is 2.64. The normalized spacial score (nSPS) is 17.2. The molecule has 1 saturated heterocycles. The van der Waals surface area contributed by atoms with Crippen LogP contribution in [0.25, 0.3) is 0 Å². The average Bonchev–Trinajstić information content (AvgIpc) is 2.68. The number of hydrogen-bond acceptors (Lipinski definition) is 4. The van der Waals surface area contributed by atoms with E-state index in [0.29, 0.717) is 37.6 Å². The number of carbonyl (C=O) groups is 1. The lowest BCUT2D eigenvalue weighted by atomic mass is 10.0. The van der Waals surface area contributed by atoms with Crippen LogP contribution < -0.4 is 10.1 Å². The maximum atomic E-state index is 13.6. The second-order valence-electron chi connectivity index (χ2n) is 6.14. The highest BCUT2D eigenvalue weighted by Crippen LogP contribution is 2.25. The molecule has 0 spiro atoms. The lowest BCUT2D eigenvalue weighted by Gasteiger charge is -2.36. The summed E-state index contributed by atoms with van der Waals surface area (Å²) in [5.41, 5.74) is 1.39. The number of benzene rings is 2. The summed E-state index contributed by atoms with van der Waals surface area (Å²) in [7, 11) is 1.62. The third-order valence-electron chi connectivity index (χ3n) is 4.40. The van der Waals surface area contributed by atoms with Crippen LogP contribution in [-0.2, 0) is 4.74 Å². The van der Waals surface area contributed by atoms with Crippen molar-refractivity contribution in [3.63, 3.8) is 0 Å². The Morgan fingerprint density at radius 2 is 2.04 bits per heavy atom. The Balaban J connectivity index is 1.74. The second-order valence-corrected chi connectivity index (χ2v) is 6.14. The van der Waals surface area contributed by atoms with E-state index in [1.54, 1.807) is 42.3 Å². The summed E-state index contributed by atoms with van der Waals surface area (Å²) in [5, 5.41) is 3.28. The van der Waals surface area contributed by atoms with Gasteiger partial charge in [-0.15, -0.1) is 0 Å². The quantitative estimate of drug-likeness (QED) is 0.807. The molecule has 0 aliphatic carbocycles. The summed E-state index contributed by atoms with van der Waals surface area (Å²) in [5.74, 6) is 0.336. The van der Waals surface area contributed by atoms with Crippen LogP contribution in [0.4, 0.5) is 4.39 Å². The van der Waals surface area contributed by atoms with Gasteiger partial charge in [0.2, 0.25) is 0 Å². The highest BCUT2D eigenvalue weighted by molar-refractivity contribution is 5.94. The van der Waals surface area contributed by atoms with Crippen molar-refractivity contribution in [2.24, 2.45) is 0 Å². The van der Waals surface area contributed by atoms with Crippen LogP contribution in [0, 0.1) is 5.82 Å². The van der Waals surface area contributed by atoms with Crippen molar-refractivity contribution >= 4 is 5.91 Å². The van der Waals surface area contributed by atoms with E-state index < -0.39 is 0 Å². The zero-order valence-corrected chi connectivity index (χ0v) is 14.8. The number of rotatable bonds is 6. The van der Waals surface area contributed by atoms with Gasteiger partial charge in [-0.3, -0.25) is 4.79 Å². The van der Waals surface area contributed by atoms with E-state index in [-0.39, 0.29) is 17.8 Å². The van der Waals surface area contributed by atoms with Gasteiger partial charge >= 0.3 is 0 Å². The first kappa shape index (κ1) is 18.4. The third kappa shape index (κ3) is 4.39. The van der Waals surface area contributed by atoms with Gasteiger partial charge in [0.05, 0.1) is 12.6 Å². The molecule has 3 rings (SSSR count). The van der Waals surface area contributed by atoms with E-state index in [1.807, 2.05) is 6.07 Å². The molecule has 1 amide bonds. The Morgan fingerprint density at radius 3 is 2.77 bits per heavy atom. The molecule has 138 valence electrons. The first-order chi connectivity index (χ1) is 12.7. The number of ether oxygens (including phenoxy) is 2. The Kier molecular flexibility index (Phi) is 6.20. The molecule has 1 aliphatic heterocycles. The number of nitrogens with zero attached hydrogens (tertiary/aromatic N) is 1. The van der Waals surface area contributed by atoms with Crippen molar-refractivity contribution in [1.29, 1.82) is 0 Å². The molecule has 1 N–H and O–H groups in total. The Morgan fingerprint density at radius 1 is 1.23 bits per heavy atom. The highest BCUT2D eigenvalue weighted by atomic mass is 19.1. The largest absolute Gasteiger partial charge is 0.491 e. The molecule has 0 aromatic heterocycles. The Bertz CT molecular complexity index is 736. The molecule has 0 radical (unpaired) electrons. The van der Waals surface area contributed by atoms with Crippen LogP contribution in [0.5, 0.6) is 5.75 Å². The summed E-state index contributed by atoms with van der Waals surface area (Å²) >= 11 is 0. The summed E-state index contributed by atoms with van der Waals surface area (Å²) < 4.78 is 24.1. The number of methoxy groups -OCH3 is 1. The van der Waals surface area contributed by atoms with E-state index in [1.165, 1.54) is 12.1 Å². The fraction of sp³-hybridized carbons (Fsp3) is 0.350. The maximum absolute atomic E-state index is 13.6. The molecule has 0 saturated carbocycles. The lowest BCUT2D eigenvalue weighted by Crippen LogP contribution is -2.48. The lowest BCUT2D eigenvalue weighted by molar-refractivity contribution is 0.0634. The first-order valence-corrected chi connectivity index (χ1v) is 8.68. The van der Waals surface area contributed by atoms with Crippen molar-refractivity contribution < 1.29 is 18.7 Å². The van der Waals surface area contributed by atoms with Crippen molar-refractivity contribution in [3.05, 3.63) is 65.5 Å². The molecule has 6 heteroatoms. The summed E-state index contributed by atoms with van der Waals surface area (Å²) in [6.07, 6.45) is 0. The molecular weight excluding hydrogens is 335 g/mol. The van der Waals surface area contributed by atoms with Gasteiger partial charge in [0.15, 0.2) is 0 Å². The smallest absolute Gasteiger partial charge is 0.254 e. The van der Waals surface area contributed by atoms with Crippen molar-refractivity contribution in [2.45, 2.75) is 6.04 Å². The molecule has 1 unspecified atom stereocenters. The van der Waals surface area contributed by atoms with Gasteiger partial charge in [-0.1, -0.05) is 12.1 Å².